The Bertz CT molecular complexity index is 709. The van der Waals surface area contributed by atoms with Gasteiger partial charge >= 0.3 is 6.18 Å². The predicted molar refractivity (Wildman–Crippen MR) is 70.1 cm³/mol. The standard InChI is InChI=1S/C12H13F3N6O/c1-4-8-18-11(21(3)20-8)19-10(22)9-16-6(2)5-7(17-9)12(13,14)15/h5H,4H2,1-3H3,(H,18,19,20,22). The topological polar surface area (TPSA) is 85.6 Å². The normalized spacial score (nSPS) is 11.5. The first kappa shape index (κ1) is 15.9. The van der Waals surface area contributed by atoms with Crippen molar-refractivity contribution in [2.75, 3.05) is 5.32 Å². The van der Waals surface area contributed by atoms with Crippen LogP contribution in [0, 0.1) is 6.92 Å². The van der Waals surface area contributed by atoms with Crippen LogP contribution in [0.4, 0.5) is 19.1 Å². The number of nitrogens with one attached hydrogen (secondary N) is 1. The van der Waals surface area contributed by atoms with Crippen molar-refractivity contribution in [1.82, 2.24) is 24.7 Å². The van der Waals surface area contributed by atoms with Gasteiger partial charge in [0.1, 0.15) is 5.69 Å². The lowest BCUT2D eigenvalue weighted by Crippen LogP contribution is -2.21. The summed E-state index contributed by atoms with van der Waals surface area (Å²) in [5.41, 5.74) is -1.13. The molecule has 0 aromatic carbocycles. The van der Waals surface area contributed by atoms with Gasteiger partial charge in [0, 0.05) is 19.2 Å². The first-order valence-corrected chi connectivity index (χ1v) is 6.35. The Hall–Kier alpha value is -2.52. The maximum absolute atomic E-state index is 12.7. The van der Waals surface area contributed by atoms with Gasteiger partial charge in [0.25, 0.3) is 5.91 Å². The number of aryl methyl sites for hydroxylation is 3. The van der Waals surface area contributed by atoms with E-state index >= 15 is 0 Å². The Morgan fingerprint density at radius 1 is 1.32 bits per heavy atom. The van der Waals surface area contributed by atoms with Crippen LogP contribution in [0.3, 0.4) is 0 Å². The summed E-state index contributed by atoms with van der Waals surface area (Å²) in [5, 5.41) is 6.37. The van der Waals surface area contributed by atoms with Gasteiger partial charge in [-0.2, -0.15) is 23.3 Å². The Balaban J connectivity index is 2.29. The number of hydrogen-bond acceptors (Lipinski definition) is 5. The van der Waals surface area contributed by atoms with Crippen LogP contribution < -0.4 is 5.32 Å². The van der Waals surface area contributed by atoms with Crippen LogP contribution >= 0.6 is 0 Å². The minimum atomic E-state index is -4.65. The van der Waals surface area contributed by atoms with Crippen molar-refractivity contribution in [3.8, 4) is 0 Å². The van der Waals surface area contributed by atoms with Crippen LogP contribution in [0.15, 0.2) is 6.07 Å². The average molecular weight is 314 g/mol. The molecule has 1 amide bonds. The van der Waals surface area contributed by atoms with E-state index in [0.29, 0.717) is 12.2 Å². The zero-order valence-electron chi connectivity index (χ0n) is 12.1. The summed E-state index contributed by atoms with van der Waals surface area (Å²) in [6, 6.07) is 0.772. The molecular formula is C12H13F3N6O. The number of amides is 1. The molecule has 0 aliphatic carbocycles. The van der Waals surface area contributed by atoms with Gasteiger partial charge in [-0.05, 0) is 13.0 Å². The third-order valence-electron chi connectivity index (χ3n) is 2.70. The lowest BCUT2D eigenvalue weighted by molar-refractivity contribution is -0.141. The summed E-state index contributed by atoms with van der Waals surface area (Å²) in [5.74, 6) is -0.847. The number of anilines is 1. The van der Waals surface area contributed by atoms with Crippen molar-refractivity contribution in [1.29, 1.82) is 0 Å². The minimum Gasteiger partial charge on any atom is -0.288 e. The largest absolute Gasteiger partial charge is 0.433 e. The van der Waals surface area contributed by atoms with Crippen molar-refractivity contribution in [3.05, 3.63) is 29.1 Å². The Kier molecular flexibility index (Phi) is 4.11. The Morgan fingerprint density at radius 2 is 2.00 bits per heavy atom. The summed E-state index contributed by atoms with van der Waals surface area (Å²) >= 11 is 0. The smallest absolute Gasteiger partial charge is 0.288 e. The molecule has 2 aromatic rings. The fourth-order valence-corrected chi connectivity index (χ4v) is 1.67. The molecule has 1 N–H and O–H groups in total. The van der Waals surface area contributed by atoms with Gasteiger partial charge in [-0.3, -0.25) is 10.1 Å². The van der Waals surface area contributed by atoms with Crippen LogP contribution in [0.2, 0.25) is 0 Å². The molecule has 0 aliphatic heterocycles. The van der Waals surface area contributed by atoms with Gasteiger partial charge in [0.2, 0.25) is 11.8 Å². The fraction of sp³-hybridized carbons (Fsp3) is 0.417. The van der Waals surface area contributed by atoms with Crippen molar-refractivity contribution in [3.63, 3.8) is 0 Å². The molecule has 0 atom stereocenters. The Labute approximate surface area is 123 Å². The van der Waals surface area contributed by atoms with Gasteiger partial charge in [-0.15, -0.1) is 0 Å². The zero-order valence-corrected chi connectivity index (χ0v) is 12.1. The monoisotopic (exact) mass is 314 g/mol. The second-order valence-electron chi connectivity index (χ2n) is 4.50. The number of carbonyl (C=O) groups excluding carboxylic acids is 1. The third-order valence-corrected chi connectivity index (χ3v) is 2.70. The summed E-state index contributed by atoms with van der Waals surface area (Å²) in [6.45, 7) is 3.19. The zero-order chi connectivity index (χ0) is 16.5. The van der Waals surface area contributed by atoms with Crippen molar-refractivity contribution >= 4 is 11.9 Å². The third kappa shape index (κ3) is 3.38. The summed E-state index contributed by atoms with van der Waals surface area (Å²) < 4.78 is 39.4. The predicted octanol–water partition coefficient (Wildman–Crippen LogP) is 1.75. The molecule has 2 aromatic heterocycles. The first-order chi connectivity index (χ1) is 10.2. The number of halogens is 3. The molecule has 0 saturated carbocycles. The number of aromatic nitrogens is 5. The van der Waals surface area contributed by atoms with Crippen LogP contribution in [-0.2, 0) is 19.6 Å². The van der Waals surface area contributed by atoms with E-state index < -0.39 is 23.6 Å². The average Bonchev–Trinajstić information content (AvgIpc) is 2.77. The molecule has 7 nitrogen and oxygen atoms in total. The van der Waals surface area contributed by atoms with Gasteiger partial charge < -0.3 is 0 Å². The molecule has 0 unspecified atom stereocenters. The van der Waals surface area contributed by atoms with Crippen molar-refractivity contribution < 1.29 is 18.0 Å². The van der Waals surface area contributed by atoms with Gasteiger partial charge in [-0.25, -0.2) is 14.6 Å². The fourth-order valence-electron chi connectivity index (χ4n) is 1.67. The van der Waals surface area contributed by atoms with Crippen LogP contribution in [-0.4, -0.2) is 30.6 Å². The van der Waals surface area contributed by atoms with E-state index in [4.69, 9.17) is 0 Å². The maximum atomic E-state index is 12.7. The highest BCUT2D eigenvalue weighted by Crippen LogP contribution is 2.27. The van der Waals surface area contributed by atoms with E-state index in [-0.39, 0.29) is 11.6 Å². The van der Waals surface area contributed by atoms with Crippen molar-refractivity contribution in [2.24, 2.45) is 7.05 Å². The highest BCUT2D eigenvalue weighted by Gasteiger charge is 2.34. The molecule has 0 fully saturated rings. The summed E-state index contributed by atoms with van der Waals surface area (Å²) in [7, 11) is 1.56. The number of alkyl halides is 3. The molecule has 22 heavy (non-hydrogen) atoms. The lowest BCUT2D eigenvalue weighted by atomic mass is 10.3. The second-order valence-corrected chi connectivity index (χ2v) is 4.50. The molecule has 0 radical (unpaired) electrons. The first-order valence-electron chi connectivity index (χ1n) is 6.35. The number of hydrogen-bond donors (Lipinski definition) is 1. The van der Waals surface area contributed by atoms with E-state index in [1.54, 1.807) is 7.05 Å². The lowest BCUT2D eigenvalue weighted by Gasteiger charge is -2.08. The van der Waals surface area contributed by atoms with E-state index in [2.05, 4.69) is 25.4 Å². The number of carbonyl (C=O) groups is 1. The second kappa shape index (κ2) is 5.70. The highest BCUT2D eigenvalue weighted by atomic mass is 19.4. The van der Waals surface area contributed by atoms with Gasteiger partial charge in [0.05, 0.1) is 0 Å². The molecule has 10 heteroatoms. The summed E-state index contributed by atoms with van der Waals surface area (Å²) in [6.07, 6.45) is -4.09. The molecule has 0 aliphatic rings. The van der Waals surface area contributed by atoms with E-state index in [1.165, 1.54) is 11.6 Å². The number of rotatable bonds is 3. The molecule has 0 spiro atoms. The van der Waals surface area contributed by atoms with Crippen molar-refractivity contribution in [2.45, 2.75) is 26.4 Å². The van der Waals surface area contributed by atoms with E-state index in [0.717, 1.165) is 6.07 Å². The summed E-state index contributed by atoms with van der Waals surface area (Å²) in [4.78, 5) is 23.0. The minimum absolute atomic E-state index is 0.0414. The highest BCUT2D eigenvalue weighted by molar-refractivity contribution is 6.00. The number of nitrogens with zero attached hydrogens (tertiary/aromatic N) is 5. The van der Waals surface area contributed by atoms with Gasteiger partial charge in [0.15, 0.2) is 5.82 Å². The molecule has 2 rings (SSSR count). The van der Waals surface area contributed by atoms with Crippen LogP contribution in [0.25, 0.3) is 0 Å². The molecule has 118 valence electrons. The quantitative estimate of drug-likeness (QED) is 0.933. The van der Waals surface area contributed by atoms with E-state index in [9.17, 15) is 18.0 Å². The Morgan fingerprint density at radius 3 is 2.55 bits per heavy atom. The SMILES string of the molecule is CCc1nc(NC(=O)c2nc(C)cc(C(F)(F)F)n2)n(C)n1. The van der Waals surface area contributed by atoms with Crippen LogP contribution in [0.1, 0.15) is 34.8 Å². The van der Waals surface area contributed by atoms with Crippen LogP contribution in [0.5, 0.6) is 0 Å². The van der Waals surface area contributed by atoms with Gasteiger partial charge in [-0.1, -0.05) is 6.92 Å². The molecule has 0 bridgehead atoms. The molecular weight excluding hydrogens is 301 g/mol. The molecule has 0 saturated heterocycles. The molecule has 2 heterocycles. The van der Waals surface area contributed by atoms with E-state index in [1.807, 2.05) is 6.92 Å². The maximum Gasteiger partial charge on any atom is 0.433 e.